The Hall–Kier alpha value is -0.400. The number of anilines is 1. The number of nitrogens with zero attached hydrogens (tertiary/aromatic N) is 2. The summed E-state index contributed by atoms with van der Waals surface area (Å²) in [6, 6.07) is 0. The van der Waals surface area contributed by atoms with E-state index < -0.39 is 0 Å². The number of likely N-dealkylation sites (N-methyl/N-ethyl adjacent to an activating group) is 1. The van der Waals surface area contributed by atoms with Gasteiger partial charge >= 0.3 is 0 Å². The van der Waals surface area contributed by atoms with Crippen molar-refractivity contribution in [1.82, 2.24) is 15.2 Å². The van der Waals surface area contributed by atoms with Crippen LogP contribution < -0.4 is 10.6 Å². The highest BCUT2D eigenvalue weighted by atomic mass is 35.5. The van der Waals surface area contributed by atoms with Crippen LogP contribution in [0.3, 0.4) is 0 Å². The predicted octanol–water partition coefficient (Wildman–Crippen LogP) is 2.30. The van der Waals surface area contributed by atoms with Crippen molar-refractivity contribution >= 4 is 47.2 Å². The number of amides is 1. The Labute approximate surface area is 142 Å². The van der Waals surface area contributed by atoms with Gasteiger partial charge in [0.25, 0.3) is 0 Å². The van der Waals surface area contributed by atoms with Crippen LogP contribution in [0.1, 0.15) is 30.3 Å². The average molecular weight is 355 g/mol. The number of halogens is 2. The summed E-state index contributed by atoms with van der Waals surface area (Å²) in [5.41, 5.74) is 1.17. The van der Waals surface area contributed by atoms with Gasteiger partial charge in [0.05, 0.1) is 5.69 Å². The van der Waals surface area contributed by atoms with Crippen LogP contribution in [0.4, 0.5) is 5.13 Å². The van der Waals surface area contributed by atoms with E-state index in [1.807, 2.05) is 7.05 Å². The molecule has 2 N–H and O–H groups in total. The van der Waals surface area contributed by atoms with Crippen molar-refractivity contribution in [1.29, 1.82) is 0 Å². The first kappa shape index (κ1) is 20.6. The predicted molar refractivity (Wildman–Crippen MR) is 93.1 cm³/mol. The van der Waals surface area contributed by atoms with Crippen LogP contribution in [0.5, 0.6) is 0 Å². The van der Waals surface area contributed by atoms with Crippen LogP contribution in [0.15, 0.2) is 0 Å². The maximum Gasteiger partial charge on any atom is 0.226 e. The van der Waals surface area contributed by atoms with Gasteiger partial charge < -0.3 is 10.6 Å². The summed E-state index contributed by atoms with van der Waals surface area (Å²) in [6.45, 7) is 6.16. The molecule has 0 unspecified atom stereocenters. The molecule has 1 aliphatic heterocycles. The Morgan fingerprint density at radius 1 is 1.43 bits per heavy atom. The third-order valence-corrected chi connectivity index (χ3v) is 4.33. The van der Waals surface area contributed by atoms with E-state index in [-0.39, 0.29) is 30.7 Å². The number of fused-ring (bicyclic) bond motifs is 1. The quantitative estimate of drug-likeness (QED) is 0.769. The fourth-order valence-electron chi connectivity index (χ4n) is 2.18. The number of hydrogen-bond donors (Lipinski definition) is 2. The molecule has 1 aromatic rings. The number of nitrogens with one attached hydrogen (secondary N) is 2. The molecule has 0 fully saturated rings. The van der Waals surface area contributed by atoms with Crippen molar-refractivity contribution in [2.24, 2.45) is 0 Å². The van der Waals surface area contributed by atoms with E-state index in [0.717, 1.165) is 44.2 Å². The van der Waals surface area contributed by atoms with Crippen LogP contribution in [-0.4, -0.2) is 42.5 Å². The van der Waals surface area contributed by atoms with Crippen LogP contribution in [0.2, 0.25) is 0 Å². The lowest BCUT2D eigenvalue weighted by Gasteiger charge is -2.23. The van der Waals surface area contributed by atoms with E-state index in [4.69, 9.17) is 0 Å². The zero-order valence-electron chi connectivity index (χ0n) is 12.5. The van der Waals surface area contributed by atoms with Gasteiger partial charge in [-0.25, -0.2) is 4.98 Å². The zero-order chi connectivity index (χ0) is 13.7. The number of carbonyl (C=O) groups excluding carboxylic acids is 1. The van der Waals surface area contributed by atoms with Gasteiger partial charge in [0.1, 0.15) is 0 Å². The second kappa shape index (κ2) is 10.3. The van der Waals surface area contributed by atoms with Gasteiger partial charge in [-0.05, 0) is 26.6 Å². The number of carbonyl (C=O) groups is 1. The highest BCUT2D eigenvalue weighted by molar-refractivity contribution is 7.15. The molecule has 0 saturated heterocycles. The van der Waals surface area contributed by atoms with E-state index in [1.165, 1.54) is 10.6 Å². The molecule has 0 aromatic carbocycles. The minimum Gasteiger partial charge on any atom is -0.320 e. The van der Waals surface area contributed by atoms with Gasteiger partial charge in [-0.1, -0.05) is 6.92 Å². The lowest BCUT2D eigenvalue weighted by molar-refractivity contribution is -0.116. The summed E-state index contributed by atoms with van der Waals surface area (Å²) in [7, 11) is 1.90. The molecule has 0 spiro atoms. The molecule has 122 valence electrons. The van der Waals surface area contributed by atoms with Crippen LogP contribution in [-0.2, 0) is 17.8 Å². The number of thiazole rings is 1. The first-order valence-corrected chi connectivity index (χ1v) is 7.70. The molecule has 2 heterocycles. The number of hydrogen-bond acceptors (Lipinski definition) is 5. The zero-order valence-corrected chi connectivity index (χ0v) is 14.9. The van der Waals surface area contributed by atoms with Gasteiger partial charge in [-0.15, -0.1) is 36.2 Å². The number of rotatable bonds is 6. The Balaban J connectivity index is 0.00000200. The maximum absolute atomic E-state index is 11.7. The monoisotopic (exact) mass is 354 g/mol. The van der Waals surface area contributed by atoms with E-state index in [2.05, 4.69) is 27.4 Å². The molecule has 1 amide bonds. The van der Waals surface area contributed by atoms with Crippen molar-refractivity contribution in [3.05, 3.63) is 10.6 Å². The second-order valence-corrected chi connectivity index (χ2v) is 5.85. The van der Waals surface area contributed by atoms with Crippen LogP contribution >= 0.6 is 36.2 Å². The third-order valence-electron chi connectivity index (χ3n) is 3.33. The molecular weight excluding hydrogens is 331 g/mol. The Morgan fingerprint density at radius 3 is 2.86 bits per heavy atom. The van der Waals surface area contributed by atoms with Crippen molar-refractivity contribution in [2.75, 3.05) is 32.0 Å². The molecule has 1 aliphatic rings. The normalized spacial score (nSPS) is 13.8. The van der Waals surface area contributed by atoms with E-state index in [0.29, 0.717) is 6.42 Å². The summed E-state index contributed by atoms with van der Waals surface area (Å²) in [6.07, 6.45) is 2.40. The van der Waals surface area contributed by atoms with Gasteiger partial charge in [-0.3, -0.25) is 9.69 Å². The molecule has 0 saturated carbocycles. The molecule has 21 heavy (non-hydrogen) atoms. The number of aromatic nitrogens is 1. The molecule has 5 nitrogen and oxygen atoms in total. The molecule has 0 bridgehead atoms. The first-order chi connectivity index (χ1) is 9.22. The fraction of sp³-hybridized carbons (Fsp3) is 0.692. The lowest BCUT2D eigenvalue weighted by atomic mass is 10.2. The van der Waals surface area contributed by atoms with Gasteiger partial charge in [0.2, 0.25) is 5.91 Å². The molecule has 8 heteroatoms. The van der Waals surface area contributed by atoms with Crippen LogP contribution in [0.25, 0.3) is 0 Å². The standard InChI is InChI=1S/C13H22N4OS.2ClH/c1-3-17-8-6-10-11(9-17)19-13(15-10)16-12(18)5-4-7-14-2;;/h14H,3-9H2,1-2H3,(H,15,16,18);2*1H. The fourth-order valence-corrected chi connectivity index (χ4v) is 3.25. The summed E-state index contributed by atoms with van der Waals surface area (Å²) in [5.74, 6) is 0.0636. The first-order valence-electron chi connectivity index (χ1n) is 6.88. The maximum atomic E-state index is 11.7. The minimum atomic E-state index is 0. The molecule has 0 aliphatic carbocycles. The van der Waals surface area contributed by atoms with Crippen molar-refractivity contribution in [3.8, 4) is 0 Å². The topological polar surface area (TPSA) is 57.3 Å². The minimum absolute atomic E-state index is 0. The van der Waals surface area contributed by atoms with E-state index >= 15 is 0 Å². The summed E-state index contributed by atoms with van der Waals surface area (Å²) in [5, 5.41) is 6.71. The molecule has 0 atom stereocenters. The lowest BCUT2D eigenvalue weighted by Crippen LogP contribution is -2.29. The van der Waals surface area contributed by atoms with Crippen molar-refractivity contribution < 1.29 is 4.79 Å². The third kappa shape index (κ3) is 6.08. The summed E-state index contributed by atoms with van der Waals surface area (Å²) >= 11 is 1.62. The van der Waals surface area contributed by atoms with Gasteiger partial charge in [0, 0.05) is 30.8 Å². The Bertz CT molecular complexity index is 442. The largest absolute Gasteiger partial charge is 0.320 e. The van der Waals surface area contributed by atoms with E-state index in [1.54, 1.807) is 11.3 Å². The van der Waals surface area contributed by atoms with Crippen LogP contribution in [0, 0.1) is 0 Å². The van der Waals surface area contributed by atoms with Gasteiger partial charge in [0.15, 0.2) is 5.13 Å². The molecule has 2 rings (SSSR count). The second-order valence-electron chi connectivity index (χ2n) is 4.76. The smallest absolute Gasteiger partial charge is 0.226 e. The molecule has 0 radical (unpaired) electrons. The Morgan fingerprint density at radius 2 is 2.19 bits per heavy atom. The van der Waals surface area contributed by atoms with Crippen molar-refractivity contribution in [2.45, 2.75) is 32.7 Å². The summed E-state index contributed by atoms with van der Waals surface area (Å²) < 4.78 is 0. The van der Waals surface area contributed by atoms with E-state index in [9.17, 15) is 4.79 Å². The van der Waals surface area contributed by atoms with Gasteiger partial charge in [-0.2, -0.15) is 0 Å². The average Bonchev–Trinajstić information content (AvgIpc) is 2.79. The Kier molecular flexibility index (Phi) is 10.1. The SMILES string of the molecule is CCN1CCc2nc(NC(=O)CCCNC)sc2C1.Cl.Cl. The summed E-state index contributed by atoms with van der Waals surface area (Å²) in [4.78, 5) is 20.0. The molecular formula is C13H24Cl2N4OS. The van der Waals surface area contributed by atoms with Crippen molar-refractivity contribution in [3.63, 3.8) is 0 Å². The highest BCUT2D eigenvalue weighted by Gasteiger charge is 2.20. The molecule has 1 aromatic heterocycles. The highest BCUT2D eigenvalue weighted by Crippen LogP contribution is 2.28.